The van der Waals surface area contributed by atoms with Crippen LogP contribution in [0.2, 0.25) is 0 Å². The minimum atomic E-state index is -0.0115. The standard InChI is InChI=1S/C16H19BrN2O2/c1-12(13-5-7-14(17)8-6-13)18-16(20)11-19(2)10-15-4-3-9-21-15/h3-9,12H,10-11H2,1-2H3,(H,18,20). The molecule has 2 aromatic rings. The lowest BCUT2D eigenvalue weighted by molar-refractivity contribution is -0.122. The molecule has 1 unspecified atom stereocenters. The summed E-state index contributed by atoms with van der Waals surface area (Å²) in [5.41, 5.74) is 1.08. The molecule has 1 aromatic carbocycles. The van der Waals surface area contributed by atoms with Gasteiger partial charge in [0.15, 0.2) is 0 Å². The molecule has 0 saturated carbocycles. The summed E-state index contributed by atoms with van der Waals surface area (Å²) in [5, 5.41) is 3.00. The molecule has 0 radical (unpaired) electrons. The molecule has 0 aliphatic rings. The van der Waals surface area contributed by atoms with Crippen molar-refractivity contribution in [1.82, 2.24) is 10.2 Å². The van der Waals surface area contributed by atoms with Crippen molar-refractivity contribution in [3.8, 4) is 0 Å². The lowest BCUT2D eigenvalue weighted by atomic mass is 10.1. The normalized spacial score (nSPS) is 12.4. The first-order chi connectivity index (χ1) is 10.0. The van der Waals surface area contributed by atoms with Crippen LogP contribution in [0.15, 0.2) is 51.6 Å². The Bertz CT molecular complexity index is 566. The number of rotatable bonds is 6. The molecule has 1 atom stereocenters. The molecule has 1 aromatic heterocycles. The number of nitrogens with zero attached hydrogens (tertiary/aromatic N) is 1. The van der Waals surface area contributed by atoms with Crippen LogP contribution in [-0.4, -0.2) is 24.4 Å². The summed E-state index contributed by atoms with van der Waals surface area (Å²) in [6, 6.07) is 11.7. The topological polar surface area (TPSA) is 45.5 Å². The highest BCUT2D eigenvalue weighted by atomic mass is 79.9. The maximum Gasteiger partial charge on any atom is 0.234 e. The van der Waals surface area contributed by atoms with E-state index in [4.69, 9.17) is 4.42 Å². The van der Waals surface area contributed by atoms with Crippen molar-refractivity contribution in [1.29, 1.82) is 0 Å². The van der Waals surface area contributed by atoms with Crippen molar-refractivity contribution < 1.29 is 9.21 Å². The number of likely N-dealkylation sites (N-methyl/N-ethyl adjacent to an activating group) is 1. The zero-order valence-corrected chi connectivity index (χ0v) is 13.8. The van der Waals surface area contributed by atoms with Gasteiger partial charge in [-0.1, -0.05) is 28.1 Å². The quantitative estimate of drug-likeness (QED) is 0.868. The second-order valence-electron chi connectivity index (χ2n) is 5.09. The van der Waals surface area contributed by atoms with E-state index in [2.05, 4.69) is 21.2 Å². The molecule has 1 amide bonds. The van der Waals surface area contributed by atoms with E-state index in [9.17, 15) is 4.79 Å². The summed E-state index contributed by atoms with van der Waals surface area (Å²) in [6.45, 7) is 2.93. The Labute approximate surface area is 133 Å². The third kappa shape index (κ3) is 5.02. The minimum absolute atomic E-state index is 0.000486. The highest BCUT2D eigenvalue weighted by Crippen LogP contribution is 2.16. The second-order valence-corrected chi connectivity index (χ2v) is 6.01. The van der Waals surface area contributed by atoms with Gasteiger partial charge in [0.25, 0.3) is 0 Å². The Kier molecular flexibility index (Phi) is 5.59. The first kappa shape index (κ1) is 15.8. The van der Waals surface area contributed by atoms with Crippen molar-refractivity contribution in [2.24, 2.45) is 0 Å². The van der Waals surface area contributed by atoms with Gasteiger partial charge >= 0.3 is 0 Å². The van der Waals surface area contributed by atoms with E-state index >= 15 is 0 Å². The van der Waals surface area contributed by atoms with E-state index < -0.39 is 0 Å². The number of benzene rings is 1. The number of amides is 1. The van der Waals surface area contributed by atoms with Gasteiger partial charge in [0, 0.05) is 4.47 Å². The van der Waals surface area contributed by atoms with Crippen molar-refractivity contribution in [2.45, 2.75) is 19.5 Å². The molecule has 0 spiro atoms. The fourth-order valence-electron chi connectivity index (χ4n) is 2.09. The monoisotopic (exact) mass is 350 g/mol. The highest BCUT2D eigenvalue weighted by Gasteiger charge is 2.12. The van der Waals surface area contributed by atoms with Gasteiger partial charge in [0.2, 0.25) is 5.91 Å². The molecule has 2 rings (SSSR count). The van der Waals surface area contributed by atoms with Gasteiger partial charge in [0.05, 0.1) is 25.4 Å². The Morgan fingerprint density at radius 1 is 1.33 bits per heavy atom. The van der Waals surface area contributed by atoms with E-state index in [1.807, 2.05) is 55.3 Å². The molecule has 0 aliphatic heterocycles. The lowest BCUT2D eigenvalue weighted by Gasteiger charge is -2.18. The summed E-state index contributed by atoms with van der Waals surface area (Å²) in [7, 11) is 1.90. The molecule has 112 valence electrons. The fourth-order valence-corrected chi connectivity index (χ4v) is 2.36. The van der Waals surface area contributed by atoms with Crippen LogP contribution >= 0.6 is 15.9 Å². The second kappa shape index (κ2) is 7.43. The van der Waals surface area contributed by atoms with E-state index in [0.717, 1.165) is 15.8 Å². The first-order valence-corrected chi connectivity index (χ1v) is 7.59. The van der Waals surface area contributed by atoms with Crippen LogP contribution in [0.5, 0.6) is 0 Å². The minimum Gasteiger partial charge on any atom is -0.468 e. The number of hydrogen-bond acceptors (Lipinski definition) is 3. The molecular weight excluding hydrogens is 332 g/mol. The molecule has 5 heteroatoms. The predicted octanol–water partition coefficient (Wildman–Crippen LogP) is 3.35. The number of carbonyl (C=O) groups is 1. The Morgan fingerprint density at radius 3 is 2.67 bits per heavy atom. The molecular formula is C16H19BrN2O2. The van der Waals surface area contributed by atoms with Crippen LogP contribution in [0.3, 0.4) is 0 Å². The van der Waals surface area contributed by atoms with Crippen molar-refractivity contribution in [2.75, 3.05) is 13.6 Å². The molecule has 0 aliphatic carbocycles. The Hall–Kier alpha value is -1.59. The van der Waals surface area contributed by atoms with E-state index in [1.54, 1.807) is 6.26 Å². The molecule has 0 fully saturated rings. The van der Waals surface area contributed by atoms with Gasteiger partial charge in [-0.2, -0.15) is 0 Å². The average Bonchev–Trinajstić information content (AvgIpc) is 2.91. The molecule has 4 nitrogen and oxygen atoms in total. The summed E-state index contributed by atoms with van der Waals surface area (Å²) in [4.78, 5) is 14.0. The van der Waals surface area contributed by atoms with Crippen molar-refractivity contribution >= 4 is 21.8 Å². The zero-order chi connectivity index (χ0) is 15.2. The number of halogens is 1. The van der Waals surface area contributed by atoms with Gasteiger partial charge in [0.1, 0.15) is 5.76 Å². The Balaban J connectivity index is 1.82. The largest absolute Gasteiger partial charge is 0.468 e. The fraction of sp³-hybridized carbons (Fsp3) is 0.312. The Morgan fingerprint density at radius 2 is 2.05 bits per heavy atom. The molecule has 1 heterocycles. The van der Waals surface area contributed by atoms with Gasteiger partial charge in [-0.3, -0.25) is 9.69 Å². The maximum absolute atomic E-state index is 12.0. The van der Waals surface area contributed by atoms with E-state index in [-0.39, 0.29) is 11.9 Å². The van der Waals surface area contributed by atoms with E-state index in [1.165, 1.54) is 0 Å². The SMILES string of the molecule is CC(NC(=O)CN(C)Cc1ccco1)c1ccc(Br)cc1. The van der Waals surface area contributed by atoms with Crippen LogP contribution in [0.4, 0.5) is 0 Å². The third-order valence-electron chi connectivity index (χ3n) is 3.17. The molecule has 21 heavy (non-hydrogen) atoms. The maximum atomic E-state index is 12.0. The molecule has 0 bridgehead atoms. The smallest absolute Gasteiger partial charge is 0.234 e. The van der Waals surface area contributed by atoms with Crippen LogP contribution in [0.1, 0.15) is 24.3 Å². The number of hydrogen-bond donors (Lipinski definition) is 1. The summed E-state index contributed by atoms with van der Waals surface area (Å²) in [5.74, 6) is 0.853. The lowest BCUT2D eigenvalue weighted by Crippen LogP contribution is -2.36. The molecule has 0 saturated heterocycles. The predicted molar refractivity (Wildman–Crippen MR) is 85.7 cm³/mol. The zero-order valence-electron chi connectivity index (χ0n) is 12.2. The van der Waals surface area contributed by atoms with Crippen LogP contribution in [0, 0.1) is 0 Å². The summed E-state index contributed by atoms with van der Waals surface area (Å²) in [6.07, 6.45) is 1.64. The van der Waals surface area contributed by atoms with Gasteiger partial charge < -0.3 is 9.73 Å². The van der Waals surface area contributed by atoms with Crippen LogP contribution in [0.25, 0.3) is 0 Å². The summed E-state index contributed by atoms with van der Waals surface area (Å²) < 4.78 is 6.30. The van der Waals surface area contributed by atoms with Gasteiger partial charge in [-0.15, -0.1) is 0 Å². The first-order valence-electron chi connectivity index (χ1n) is 6.80. The van der Waals surface area contributed by atoms with Gasteiger partial charge in [-0.25, -0.2) is 0 Å². The molecule has 1 N–H and O–H groups in total. The van der Waals surface area contributed by atoms with Crippen LogP contribution in [-0.2, 0) is 11.3 Å². The third-order valence-corrected chi connectivity index (χ3v) is 3.70. The van der Waals surface area contributed by atoms with Crippen molar-refractivity contribution in [3.63, 3.8) is 0 Å². The average molecular weight is 351 g/mol. The number of carbonyl (C=O) groups excluding carboxylic acids is 1. The number of furan rings is 1. The van der Waals surface area contributed by atoms with Crippen LogP contribution < -0.4 is 5.32 Å². The number of nitrogens with one attached hydrogen (secondary N) is 1. The van der Waals surface area contributed by atoms with Crippen molar-refractivity contribution in [3.05, 3.63) is 58.5 Å². The van der Waals surface area contributed by atoms with Gasteiger partial charge in [-0.05, 0) is 43.8 Å². The highest BCUT2D eigenvalue weighted by molar-refractivity contribution is 9.10. The summed E-state index contributed by atoms with van der Waals surface area (Å²) >= 11 is 3.40. The van der Waals surface area contributed by atoms with E-state index in [0.29, 0.717) is 13.1 Å².